The van der Waals surface area contributed by atoms with Crippen molar-refractivity contribution in [2.75, 3.05) is 13.2 Å². The van der Waals surface area contributed by atoms with Crippen molar-refractivity contribution in [3.63, 3.8) is 0 Å². The number of phenols is 2. The molecule has 0 saturated carbocycles. The van der Waals surface area contributed by atoms with Crippen LogP contribution in [-0.4, -0.2) is 62.5 Å². The van der Waals surface area contributed by atoms with E-state index in [-0.39, 0.29) is 50.5 Å². The molecule has 0 aliphatic carbocycles. The largest absolute Gasteiger partial charge is 0.507 e. The van der Waals surface area contributed by atoms with Gasteiger partial charge in [0, 0.05) is 12.1 Å². The van der Waals surface area contributed by atoms with Crippen LogP contribution in [0.2, 0.25) is 0 Å². The first-order valence-electron chi connectivity index (χ1n) is 16.4. The number of nitrogens with zero attached hydrogens (tertiary/aromatic N) is 3. The van der Waals surface area contributed by atoms with Crippen molar-refractivity contribution in [3.05, 3.63) is 41.1 Å². The minimum absolute atomic E-state index is 0.132. The Morgan fingerprint density at radius 2 is 1.06 bits per heavy atom. The van der Waals surface area contributed by atoms with Gasteiger partial charge in [-0.05, 0) is 66.9 Å². The maximum atomic E-state index is 12.3. The molecule has 0 aliphatic heterocycles. The van der Waals surface area contributed by atoms with Crippen LogP contribution >= 0.6 is 15.9 Å². The van der Waals surface area contributed by atoms with Gasteiger partial charge in [0.25, 0.3) is 0 Å². The summed E-state index contributed by atoms with van der Waals surface area (Å²) in [5.74, 6) is -0.520. The standard InChI is InChI=1S/C35H46BrN3O8/c1-5-7-9-11-13-19-44-33(42)23(3)46-25-15-17-27(29(40)21-25)31-37-32(39-35(36)38-31)28-18-16-26(22-30(28)41)47-24(4)34(43)45-20-14-12-10-8-6-2/h15-18,21-24,40-41H,5-14,19-20H2,1-4H3. The molecule has 2 N–H and O–H groups in total. The summed E-state index contributed by atoms with van der Waals surface area (Å²) in [6, 6.07) is 9.02. The van der Waals surface area contributed by atoms with Crippen molar-refractivity contribution < 1.29 is 38.7 Å². The minimum Gasteiger partial charge on any atom is -0.507 e. The highest BCUT2D eigenvalue weighted by atomic mass is 79.9. The fourth-order valence-corrected chi connectivity index (χ4v) is 4.97. The van der Waals surface area contributed by atoms with Gasteiger partial charge in [-0.15, -0.1) is 0 Å². The molecule has 3 aromatic rings. The van der Waals surface area contributed by atoms with Crippen LogP contribution in [0.5, 0.6) is 23.0 Å². The van der Waals surface area contributed by atoms with Gasteiger partial charge in [0.2, 0.25) is 4.73 Å². The third-order valence-electron chi connectivity index (χ3n) is 7.30. The molecule has 1 heterocycles. The zero-order valence-corrected chi connectivity index (χ0v) is 29.3. The Balaban J connectivity index is 1.62. The van der Waals surface area contributed by atoms with Gasteiger partial charge in [-0.1, -0.05) is 65.2 Å². The van der Waals surface area contributed by atoms with Gasteiger partial charge in [0.1, 0.15) is 23.0 Å². The highest BCUT2D eigenvalue weighted by molar-refractivity contribution is 9.10. The predicted molar refractivity (Wildman–Crippen MR) is 181 cm³/mol. The van der Waals surface area contributed by atoms with E-state index in [0.717, 1.165) is 51.4 Å². The number of hydrogen-bond acceptors (Lipinski definition) is 11. The van der Waals surface area contributed by atoms with E-state index in [1.54, 1.807) is 38.1 Å². The average molecular weight is 717 g/mol. The Labute approximate surface area is 285 Å². The Hall–Kier alpha value is -3.93. The molecule has 0 bridgehead atoms. The van der Waals surface area contributed by atoms with Crippen molar-refractivity contribution in [2.45, 2.75) is 104 Å². The van der Waals surface area contributed by atoms with Crippen LogP contribution in [0.4, 0.5) is 0 Å². The lowest BCUT2D eigenvalue weighted by Crippen LogP contribution is -2.26. The van der Waals surface area contributed by atoms with E-state index in [4.69, 9.17) is 18.9 Å². The van der Waals surface area contributed by atoms with Crippen molar-refractivity contribution in [1.82, 2.24) is 15.0 Å². The number of halogens is 1. The number of phenolic OH excluding ortho intramolecular Hbond substituents is 2. The molecule has 0 saturated heterocycles. The van der Waals surface area contributed by atoms with E-state index in [9.17, 15) is 19.8 Å². The van der Waals surface area contributed by atoms with Gasteiger partial charge < -0.3 is 29.2 Å². The number of carbonyl (C=O) groups excluding carboxylic acids is 2. The number of hydrogen-bond donors (Lipinski definition) is 2. The smallest absolute Gasteiger partial charge is 0.347 e. The second kappa shape index (κ2) is 19.7. The molecule has 256 valence electrons. The fraction of sp³-hybridized carbons (Fsp3) is 0.514. The molecular formula is C35H46BrN3O8. The van der Waals surface area contributed by atoms with Gasteiger partial charge in [0.15, 0.2) is 23.9 Å². The predicted octanol–water partition coefficient (Wildman–Crippen LogP) is 7.94. The molecule has 47 heavy (non-hydrogen) atoms. The van der Waals surface area contributed by atoms with E-state index in [1.165, 1.54) is 25.0 Å². The Bertz CT molecular complexity index is 1350. The van der Waals surface area contributed by atoms with Gasteiger partial charge in [-0.2, -0.15) is 0 Å². The normalized spacial score (nSPS) is 12.3. The second-order valence-corrected chi connectivity index (χ2v) is 12.0. The topological polar surface area (TPSA) is 150 Å². The van der Waals surface area contributed by atoms with E-state index in [1.807, 2.05) is 0 Å². The van der Waals surface area contributed by atoms with Crippen LogP contribution in [0.1, 0.15) is 91.9 Å². The van der Waals surface area contributed by atoms with Gasteiger partial charge >= 0.3 is 11.9 Å². The Kier molecular flexibility index (Phi) is 15.7. The number of unbranched alkanes of at least 4 members (excludes halogenated alkanes) is 8. The number of benzene rings is 2. The van der Waals surface area contributed by atoms with Crippen molar-refractivity contribution in [3.8, 4) is 45.8 Å². The monoisotopic (exact) mass is 715 g/mol. The van der Waals surface area contributed by atoms with Gasteiger partial charge in [0.05, 0.1) is 24.3 Å². The molecule has 0 amide bonds. The van der Waals surface area contributed by atoms with Crippen molar-refractivity contribution >= 4 is 27.9 Å². The lowest BCUT2D eigenvalue weighted by atomic mass is 10.1. The van der Waals surface area contributed by atoms with E-state index >= 15 is 0 Å². The van der Waals surface area contributed by atoms with E-state index in [0.29, 0.717) is 13.2 Å². The SMILES string of the molecule is CCCCCCCOC(=O)C(C)Oc1ccc(-c2nc(Br)nc(-c3ccc(OC(C)C(=O)OCCCCCCC)cc3O)n2)c(O)c1. The van der Waals surface area contributed by atoms with Crippen molar-refractivity contribution in [2.24, 2.45) is 0 Å². The molecule has 0 spiro atoms. The summed E-state index contributed by atoms with van der Waals surface area (Å²) in [6.45, 7) is 8.16. The fourth-order valence-electron chi connectivity index (χ4n) is 4.63. The number of carbonyl (C=O) groups is 2. The first-order chi connectivity index (χ1) is 22.6. The highest BCUT2D eigenvalue weighted by Crippen LogP contribution is 2.35. The number of ether oxygens (including phenoxy) is 4. The first kappa shape index (κ1) is 37.5. The molecule has 0 fully saturated rings. The van der Waals surface area contributed by atoms with E-state index < -0.39 is 24.1 Å². The molecule has 1 aromatic heterocycles. The number of aromatic hydroxyl groups is 2. The van der Waals surface area contributed by atoms with Crippen LogP contribution in [0.15, 0.2) is 41.1 Å². The number of aromatic nitrogens is 3. The van der Waals surface area contributed by atoms with Crippen LogP contribution in [0, 0.1) is 0 Å². The molecule has 2 atom stereocenters. The zero-order valence-electron chi connectivity index (χ0n) is 27.7. The summed E-state index contributed by atoms with van der Waals surface area (Å²) in [6.07, 6.45) is 8.77. The average Bonchev–Trinajstić information content (AvgIpc) is 3.03. The maximum Gasteiger partial charge on any atom is 0.347 e. The van der Waals surface area contributed by atoms with Gasteiger partial charge in [-0.25, -0.2) is 24.5 Å². The van der Waals surface area contributed by atoms with Crippen LogP contribution in [-0.2, 0) is 19.1 Å². The molecule has 2 unspecified atom stereocenters. The summed E-state index contributed by atoms with van der Waals surface area (Å²) in [5, 5.41) is 21.6. The van der Waals surface area contributed by atoms with E-state index in [2.05, 4.69) is 44.7 Å². The highest BCUT2D eigenvalue weighted by Gasteiger charge is 2.20. The second-order valence-electron chi connectivity index (χ2n) is 11.3. The Morgan fingerprint density at radius 1 is 0.660 bits per heavy atom. The molecule has 2 aromatic carbocycles. The number of rotatable bonds is 20. The molecular weight excluding hydrogens is 670 g/mol. The summed E-state index contributed by atoms with van der Waals surface area (Å²) >= 11 is 3.28. The molecule has 0 radical (unpaired) electrons. The molecule has 3 rings (SSSR count). The van der Waals surface area contributed by atoms with Crippen LogP contribution < -0.4 is 9.47 Å². The lowest BCUT2D eigenvalue weighted by molar-refractivity contribution is -0.152. The Morgan fingerprint density at radius 3 is 1.45 bits per heavy atom. The third kappa shape index (κ3) is 12.3. The van der Waals surface area contributed by atoms with Crippen LogP contribution in [0.25, 0.3) is 22.8 Å². The summed E-state index contributed by atoms with van der Waals surface area (Å²) < 4.78 is 22.2. The first-order valence-corrected chi connectivity index (χ1v) is 17.2. The molecule has 0 aliphatic rings. The third-order valence-corrected chi connectivity index (χ3v) is 7.66. The molecule has 12 heteroatoms. The zero-order chi connectivity index (χ0) is 34.2. The van der Waals surface area contributed by atoms with Crippen LogP contribution in [0.3, 0.4) is 0 Å². The van der Waals surface area contributed by atoms with Gasteiger partial charge in [-0.3, -0.25) is 0 Å². The quantitative estimate of drug-likeness (QED) is 0.0867. The summed E-state index contributed by atoms with van der Waals surface area (Å²) in [5.41, 5.74) is 0.558. The van der Waals surface area contributed by atoms with Crippen molar-refractivity contribution in [1.29, 1.82) is 0 Å². The number of esters is 2. The minimum atomic E-state index is -0.863. The maximum absolute atomic E-state index is 12.3. The summed E-state index contributed by atoms with van der Waals surface area (Å²) in [4.78, 5) is 37.7. The molecule has 11 nitrogen and oxygen atoms in total. The summed E-state index contributed by atoms with van der Waals surface area (Å²) in [7, 11) is 0. The lowest BCUT2D eigenvalue weighted by Gasteiger charge is -2.15.